The molecule has 0 fully saturated rings. The van der Waals surface area contributed by atoms with Crippen LogP contribution in [-0.4, -0.2) is 38.4 Å². The number of furan rings is 1. The van der Waals surface area contributed by atoms with Crippen molar-refractivity contribution in [3.8, 4) is 5.75 Å². The molecule has 0 saturated carbocycles. The smallest absolute Gasteiger partial charge is 0.274 e. The van der Waals surface area contributed by atoms with Crippen molar-refractivity contribution in [2.45, 2.75) is 12.5 Å². The van der Waals surface area contributed by atoms with Crippen LogP contribution in [0.2, 0.25) is 0 Å². The van der Waals surface area contributed by atoms with Crippen LogP contribution in [-0.2, 0) is 10.0 Å². The molecule has 1 aliphatic heterocycles. The molecule has 0 unspecified atom stereocenters. The first-order chi connectivity index (χ1) is 14.8. The summed E-state index contributed by atoms with van der Waals surface area (Å²) in [7, 11) is -1.79. The first-order valence-corrected chi connectivity index (χ1v) is 11.4. The Morgan fingerprint density at radius 1 is 1.13 bits per heavy atom. The summed E-state index contributed by atoms with van der Waals surface area (Å²) in [4.78, 5) is 13.2. The average molecular weight is 439 g/mol. The van der Waals surface area contributed by atoms with E-state index in [-0.39, 0.29) is 11.9 Å². The maximum atomic E-state index is 13.2. The van der Waals surface area contributed by atoms with Gasteiger partial charge in [-0.25, -0.2) is 13.4 Å². The molecule has 4 rings (SSSR count). The van der Waals surface area contributed by atoms with Gasteiger partial charge in [-0.05, 0) is 54.1 Å². The van der Waals surface area contributed by atoms with Crippen LogP contribution in [0.5, 0.6) is 5.75 Å². The van der Waals surface area contributed by atoms with Crippen molar-refractivity contribution in [3.05, 3.63) is 83.8 Å². The van der Waals surface area contributed by atoms with Crippen molar-refractivity contribution in [2.24, 2.45) is 5.10 Å². The van der Waals surface area contributed by atoms with E-state index in [4.69, 9.17) is 9.15 Å². The number of benzene rings is 2. The van der Waals surface area contributed by atoms with Crippen LogP contribution in [0.4, 0.5) is 5.69 Å². The monoisotopic (exact) mass is 439 g/mol. The van der Waals surface area contributed by atoms with Crippen LogP contribution in [0.25, 0.3) is 0 Å². The molecule has 1 aliphatic rings. The van der Waals surface area contributed by atoms with Gasteiger partial charge in [0.25, 0.3) is 5.91 Å². The predicted octanol–water partition coefficient (Wildman–Crippen LogP) is 3.65. The van der Waals surface area contributed by atoms with Crippen LogP contribution >= 0.6 is 0 Å². The van der Waals surface area contributed by atoms with Gasteiger partial charge in [0.1, 0.15) is 17.6 Å². The Labute approximate surface area is 180 Å². The second kappa shape index (κ2) is 8.27. The number of hydrogen-bond donors (Lipinski definition) is 1. The van der Waals surface area contributed by atoms with Gasteiger partial charge in [0.2, 0.25) is 10.0 Å². The highest BCUT2D eigenvalue weighted by Crippen LogP contribution is 2.34. The van der Waals surface area contributed by atoms with E-state index in [9.17, 15) is 13.2 Å². The van der Waals surface area contributed by atoms with Crippen LogP contribution in [0, 0.1) is 0 Å². The van der Waals surface area contributed by atoms with E-state index in [1.165, 1.54) is 5.01 Å². The summed E-state index contributed by atoms with van der Waals surface area (Å²) >= 11 is 0. The molecule has 0 radical (unpaired) electrons. The summed E-state index contributed by atoms with van der Waals surface area (Å²) in [6.45, 7) is 0. The van der Waals surface area contributed by atoms with Gasteiger partial charge in [-0.15, -0.1) is 0 Å². The zero-order valence-electron chi connectivity index (χ0n) is 17.0. The standard InChI is InChI=1S/C22H21N3O5S/c1-29-18-11-7-16(8-12-18)22(26)25-20(21-4-3-13-30-21)14-19(23-25)15-5-9-17(10-6-15)24-31(2,27)28/h3-13,20,24H,14H2,1-2H3/t20-/m1/s1. The minimum absolute atomic E-state index is 0.255. The van der Waals surface area contributed by atoms with Crippen molar-refractivity contribution in [2.75, 3.05) is 18.1 Å². The summed E-state index contributed by atoms with van der Waals surface area (Å²) in [6.07, 6.45) is 3.13. The molecule has 160 valence electrons. The Hall–Kier alpha value is -3.59. The summed E-state index contributed by atoms with van der Waals surface area (Å²) < 4.78 is 36.0. The first kappa shape index (κ1) is 20.7. The number of nitrogens with one attached hydrogen (secondary N) is 1. The first-order valence-electron chi connectivity index (χ1n) is 9.51. The number of hydrazone groups is 1. The van der Waals surface area contributed by atoms with Gasteiger partial charge in [-0.2, -0.15) is 5.10 Å². The van der Waals surface area contributed by atoms with Gasteiger partial charge in [0.15, 0.2) is 0 Å². The van der Waals surface area contributed by atoms with E-state index >= 15 is 0 Å². The highest BCUT2D eigenvalue weighted by atomic mass is 32.2. The molecule has 9 heteroatoms. The number of amides is 1. The molecule has 1 aromatic heterocycles. The number of methoxy groups -OCH3 is 1. The topological polar surface area (TPSA) is 101 Å². The van der Waals surface area contributed by atoms with Crippen LogP contribution in [0.15, 0.2) is 76.4 Å². The van der Waals surface area contributed by atoms with Gasteiger partial charge in [0.05, 0.1) is 25.3 Å². The lowest BCUT2D eigenvalue weighted by atomic mass is 10.0. The Morgan fingerprint density at radius 2 is 1.84 bits per heavy atom. The van der Waals surface area contributed by atoms with E-state index in [0.29, 0.717) is 34.9 Å². The number of anilines is 1. The number of hydrogen-bond acceptors (Lipinski definition) is 6. The summed E-state index contributed by atoms with van der Waals surface area (Å²) in [5.41, 5.74) is 2.43. The van der Waals surface area contributed by atoms with Gasteiger partial charge in [-0.1, -0.05) is 12.1 Å². The van der Waals surface area contributed by atoms with E-state index in [1.54, 1.807) is 68.0 Å². The molecule has 0 aliphatic carbocycles. The Bertz CT molecular complexity index is 1200. The van der Waals surface area contributed by atoms with E-state index in [1.807, 2.05) is 6.07 Å². The zero-order chi connectivity index (χ0) is 22.0. The predicted molar refractivity (Wildman–Crippen MR) is 117 cm³/mol. The molecule has 0 saturated heterocycles. The molecule has 2 aromatic carbocycles. The van der Waals surface area contributed by atoms with Crippen molar-refractivity contribution < 1.29 is 22.4 Å². The maximum Gasteiger partial charge on any atom is 0.274 e. The number of carbonyl (C=O) groups excluding carboxylic acids is 1. The van der Waals surface area contributed by atoms with E-state index in [0.717, 1.165) is 11.8 Å². The summed E-state index contributed by atoms with van der Waals surface area (Å²) in [6, 6.07) is 16.9. The number of ether oxygens (including phenoxy) is 1. The molecule has 1 atom stereocenters. The zero-order valence-corrected chi connectivity index (χ0v) is 17.8. The third-order valence-corrected chi connectivity index (χ3v) is 5.45. The minimum Gasteiger partial charge on any atom is -0.497 e. The number of nitrogens with zero attached hydrogens (tertiary/aromatic N) is 2. The molecule has 31 heavy (non-hydrogen) atoms. The van der Waals surface area contributed by atoms with E-state index in [2.05, 4.69) is 9.82 Å². The summed E-state index contributed by atoms with van der Waals surface area (Å²) in [5.74, 6) is 1.04. The second-order valence-corrected chi connectivity index (χ2v) is 8.86. The third kappa shape index (κ3) is 4.61. The molecule has 1 N–H and O–H groups in total. The van der Waals surface area contributed by atoms with Gasteiger partial charge >= 0.3 is 0 Å². The fourth-order valence-corrected chi connectivity index (χ4v) is 3.95. The molecule has 1 amide bonds. The van der Waals surface area contributed by atoms with Crippen molar-refractivity contribution >= 4 is 27.3 Å². The lowest BCUT2D eigenvalue weighted by Gasteiger charge is -2.20. The second-order valence-electron chi connectivity index (χ2n) is 7.11. The van der Waals surface area contributed by atoms with E-state index < -0.39 is 10.0 Å². The maximum absolute atomic E-state index is 13.2. The average Bonchev–Trinajstić information content (AvgIpc) is 3.42. The largest absolute Gasteiger partial charge is 0.497 e. The lowest BCUT2D eigenvalue weighted by Crippen LogP contribution is -2.26. The lowest BCUT2D eigenvalue weighted by molar-refractivity contribution is 0.0693. The SMILES string of the molecule is COc1ccc(C(=O)N2N=C(c3ccc(NS(C)(=O)=O)cc3)C[C@@H]2c2ccco2)cc1. The highest BCUT2D eigenvalue weighted by molar-refractivity contribution is 7.92. The Balaban J connectivity index is 1.64. The van der Waals surface area contributed by atoms with Gasteiger partial charge in [-0.3, -0.25) is 9.52 Å². The molecule has 3 aromatic rings. The Kier molecular flexibility index (Phi) is 5.51. The quantitative estimate of drug-likeness (QED) is 0.632. The van der Waals surface area contributed by atoms with Crippen molar-refractivity contribution in [1.29, 1.82) is 0 Å². The van der Waals surface area contributed by atoms with Crippen LogP contribution < -0.4 is 9.46 Å². The Morgan fingerprint density at radius 3 is 2.42 bits per heavy atom. The summed E-state index contributed by atoms with van der Waals surface area (Å²) in [5, 5.41) is 6.02. The fourth-order valence-electron chi connectivity index (χ4n) is 3.39. The molecule has 8 nitrogen and oxygen atoms in total. The van der Waals surface area contributed by atoms with Gasteiger partial charge in [0, 0.05) is 17.7 Å². The molecular formula is C22H21N3O5S. The molecule has 0 spiro atoms. The molecule has 2 heterocycles. The minimum atomic E-state index is -3.36. The number of sulfonamides is 1. The van der Waals surface area contributed by atoms with Crippen molar-refractivity contribution in [3.63, 3.8) is 0 Å². The molecule has 0 bridgehead atoms. The van der Waals surface area contributed by atoms with Crippen LogP contribution in [0.3, 0.4) is 0 Å². The highest BCUT2D eigenvalue weighted by Gasteiger charge is 2.35. The van der Waals surface area contributed by atoms with Gasteiger partial charge < -0.3 is 9.15 Å². The van der Waals surface area contributed by atoms with Crippen LogP contribution in [0.1, 0.15) is 34.1 Å². The number of carbonyl (C=O) groups is 1. The molecular weight excluding hydrogens is 418 g/mol. The fraction of sp³-hybridized carbons (Fsp3) is 0.182. The number of rotatable bonds is 6. The van der Waals surface area contributed by atoms with Crippen molar-refractivity contribution in [1.82, 2.24) is 5.01 Å². The normalized spacial score (nSPS) is 16.1. The third-order valence-electron chi connectivity index (χ3n) is 4.85.